The average Bonchev–Trinajstić information content (AvgIpc) is 3.06. The Balaban J connectivity index is 1.73. The van der Waals surface area contributed by atoms with E-state index in [1.807, 2.05) is 6.92 Å². The molecule has 1 heterocycles. The summed E-state index contributed by atoms with van der Waals surface area (Å²) in [6.45, 7) is 6.99. The van der Waals surface area contributed by atoms with Crippen LogP contribution in [0.3, 0.4) is 0 Å². The van der Waals surface area contributed by atoms with E-state index in [-0.39, 0.29) is 5.91 Å². The second kappa shape index (κ2) is 9.77. The quantitative estimate of drug-likeness (QED) is 0.385. The predicted octanol–water partition coefficient (Wildman–Crippen LogP) is 4.73. The SMILES string of the molecule is CCOc1cc(/C=N\NC(=O)c2ccc3nc(N)sc3c2)cc(Cl)c1OCC(C)C. The van der Waals surface area contributed by atoms with E-state index in [4.69, 9.17) is 26.8 Å². The summed E-state index contributed by atoms with van der Waals surface area (Å²) < 4.78 is 12.3. The number of hydrogen-bond acceptors (Lipinski definition) is 7. The number of nitrogens with two attached hydrogens (primary N) is 1. The number of anilines is 1. The molecule has 3 rings (SSSR count). The van der Waals surface area contributed by atoms with Crippen LogP contribution in [0.25, 0.3) is 10.2 Å². The van der Waals surface area contributed by atoms with Gasteiger partial charge in [-0.25, -0.2) is 10.4 Å². The van der Waals surface area contributed by atoms with Crippen LogP contribution in [0.4, 0.5) is 5.13 Å². The number of amides is 1. The molecule has 0 atom stereocenters. The van der Waals surface area contributed by atoms with Crippen LogP contribution in [0, 0.1) is 5.92 Å². The Hall–Kier alpha value is -2.84. The first-order valence-corrected chi connectivity index (χ1v) is 10.7. The number of ether oxygens (including phenoxy) is 2. The number of halogens is 1. The summed E-state index contributed by atoms with van der Waals surface area (Å²) in [7, 11) is 0. The lowest BCUT2D eigenvalue weighted by Crippen LogP contribution is -2.17. The molecule has 2 aromatic carbocycles. The fraction of sp³-hybridized carbons (Fsp3) is 0.286. The van der Waals surface area contributed by atoms with Crippen molar-refractivity contribution in [2.24, 2.45) is 11.0 Å². The van der Waals surface area contributed by atoms with Crippen molar-refractivity contribution in [1.29, 1.82) is 0 Å². The van der Waals surface area contributed by atoms with E-state index in [0.29, 0.717) is 51.9 Å². The van der Waals surface area contributed by atoms with Gasteiger partial charge in [0.1, 0.15) is 0 Å². The van der Waals surface area contributed by atoms with E-state index >= 15 is 0 Å². The van der Waals surface area contributed by atoms with Crippen molar-refractivity contribution in [3.63, 3.8) is 0 Å². The molecule has 0 aliphatic rings. The van der Waals surface area contributed by atoms with Crippen molar-refractivity contribution in [3.05, 3.63) is 46.5 Å². The van der Waals surface area contributed by atoms with Crippen LogP contribution in [-0.4, -0.2) is 30.3 Å². The number of carbonyl (C=O) groups excluding carboxylic acids is 1. The van der Waals surface area contributed by atoms with Crippen LogP contribution in [0.2, 0.25) is 5.02 Å². The molecule has 0 aliphatic carbocycles. The number of nitrogen functional groups attached to an aromatic ring is 1. The fourth-order valence-corrected chi connectivity index (χ4v) is 3.68. The van der Waals surface area contributed by atoms with Gasteiger partial charge in [0.25, 0.3) is 5.91 Å². The first-order valence-electron chi connectivity index (χ1n) is 9.46. The van der Waals surface area contributed by atoms with E-state index in [1.165, 1.54) is 17.6 Å². The van der Waals surface area contributed by atoms with Crippen LogP contribution in [0.1, 0.15) is 36.7 Å². The highest BCUT2D eigenvalue weighted by molar-refractivity contribution is 7.22. The summed E-state index contributed by atoms with van der Waals surface area (Å²) in [5.41, 5.74) is 10.1. The third kappa shape index (κ3) is 5.40. The molecule has 0 saturated carbocycles. The van der Waals surface area contributed by atoms with E-state index in [2.05, 4.69) is 29.4 Å². The molecule has 0 radical (unpaired) electrons. The zero-order valence-electron chi connectivity index (χ0n) is 16.9. The molecule has 0 aliphatic heterocycles. The molecule has 0 fully saturated rings. The minimum Gasteiger partial charge on any atom is -0.490 e. The first-order chi connectivity index (χ1) is 14.4. The largest absolute Gasteiger partial charge is 0.490 e. The van der Waals surface area contributed by atoms with Gasteiger partial charge in [-0.2, -0.15) is 5.10 Å². The maximum absolute atomic E-state index is 12.4. The number of nitrogens with one attached hydrogen (secondary N) is 1. The lowest BCUT2D eigenvalue weighted by atomic mass is 10.2. The Morgan fingerprint density at radius 3 is 2.87 bits per heavy atom. The smallest absolute Gasteiger partial charge is 0.271 e. The zero-order chi connectivity index (χ0) is 21.7. The van der Waals surface area contributed by atoms with Crippen LogP contribution in [0.15, 0.2) is 35.4 Å². The topological polar surface area (TPSA) is 98.8 Å². The van der Waals surface area contributed by atoms with Gasteiger partial charge in [-0.1, -0.05) is 36.8 Å². The number of hydrogen-bond donors (Lipinski definition) is 2. The van der Waals surface area contributed by atoms with E-state index in [1.54, 1.807) is 30.3 Å². The molecular formula is C21H23ClN4O3S. The Labute approximate surface area is 183 Å². The third-order valence-corrected chi connectivity index (χ3v) is 5.07. The Morgan fingerprint density at radius 2 is 2.13 bits per heavy atom. The normalized spacial score (nSPS) is 11.4. The number of carbonyl (C=O) groups is 1. The molecule has 3 N–H and O–H groups in total. The number of nitrogens with zero attached hydrogens (tertiary/aromatic N) is 2. The van der Waals surface area contributed by atoms with Crippen LogP contribution < -0.4 is 20.6 Å². The predicted molar refractivity (Wildman–Crippen MR) is 122 cm³/mol. The standard InChI is InChI=1S/C21H23ClN4O3S/c1-4-28-17-8-13(7-15(22)19(17)29-11-12(2)3)10-24-26-20(27)14-5-6-16-18(9-14)30-21(23)25-16/h5-10,12H,4,11H2,1-3H3,(H2,23,25)(H,26,27)/b24-10-. The van der Waals surface area contributed by atoms with Gasteiger partial charge >= 0.3 is 0 Å². The van der Waals surface area contributed by atoms with Crippen molar-refractivity contribution in [2.45, 2.75) is 20.8 Å². The van der Waals surface area contributed by atoms with Crippen molar-refractivity contribution >= 4 is 50.4 Å². The number of thiazole rings is 1. The number of fused-ring (bicyclic) bond motifs is 1. The molecule has 158 valence electrons. The van der Waals surface area contributed by atoms with E-state index in [9.17, 15) is 4.79 Å². The molecule has 0 unspecified atom stereocenters. The number of rotatable bonds is 8. The molecule has 0 spiro atoms. The average molecular weight is 447 g/mol. The number of hydrazone groups is 1. The van der Waals surface area contributed by atoms with E-state index in [0.717, 1.165) is 10.2 Å². The Kier molecular flexibility index (Phi) is 7.12. The molecule has 0 bridgehead atoms. The number of aromatic nitrogens is 1. The maximum Gasteiger partial charge on any atom is 0.271 e. The molecule has 9 heteroatoms. The van der Waals surface area contributed by atoms with Crippen molar-refractivity contribution in [1.82, 2.24) is 10.4 Å². The molecule has 7 nitrogen and oxygen atoms in total. The van der Waals surface area contributed by atoms with Gasteiger partial charge in [0.05, 0.1) is 34.7 Å². The summed E-state index contributed by atoms with van der Waals surface area (Å²) in [6, 6.07) is 8.65. The van der Waals surface area contributed by atoms with Crippen molar-refractivity contribution < 1.29 is 14.3 Å². The second-order valence-corrected chi connectivity index (χ2v) is 8.37. The first kappa shape index (κ1) is 21.9. The lowest BCUT2D eigenvalue weighted by Gasteiger charge is -2.15. The van der Waals surface area contributed by atoms with Gasteiger partial charge < -0.3 is 15.2 Å². The molecular weight excluding hydrogens is 424 g/mol. The van der Waals surface area contributed by atoms with Crippen LogP contribution >= 0.6 is 22.9 Å². The van der Waals surface area contributed by atoms with Gasteiger partial charge in [0.2, 0.25) is 0 Å². The van der Waals surface area contributed by atoms with Gasteiger partial charge in [-0.15, -0.1) is 0 Å². The summed E-state index contributed by atoms with van der Waals surface area (Å²) in [6.07, 6.45) is 1.50. The molecule has 3 aromatic rings. The summed E-state index contributed by atoms with van der Waals surface area (Å²) in [4.78, 5) is 16.6. The van der Waals surface area contributed by atoms with Gasteiger partial charge in [-0.3, -0.25) is 4.79 Å². The second-order valence-electron chi connectivity index (χ2n) is 6.90. The summed E-state index contributed by atoms with van der Waals surface area (Å²) in [5.74, 6) is 1.05. The van der Waals surface area contributed by atoms with Crippen molar-refractivity contribution in [2.75, 3.05) is 18.9 Å². The third-order valence-electron chi connectivity index (χ3n) is 3.94. The van der Waals surface area contributed by atoms with Gasteiger partial charge in [-0.05, 0) is 48.7 Å². The molecule has 1 amide bonds. The van der Waals surface area contributed by atoms with Crippen LogP contribution in [0.5, 0.6) is 11.5 Å². The minimum absolute atomic E-state index is 0.340. The maximum atomic E-state index is 12.4. The highest BCUT2D eigenvalue weighted by Crippen LogP contribution is 2.36. The fourth-order valence-electron chi connectivity index (χ4n) is 2.63. The van der Waals surface area contributed by atoms with Crippen LogP contribution in [-0.2, 0) is 0 Å². The molecule has 1 aromatic heterocycles. The molecule has 30 heavy (non-hydrogen) atoms. The Morgan fingerprint density at radius 1 is 1.33 bits per heavy atom. The minimum atomic E-state index is -0.340. The summed E-state index contributed by atoms with van der Waals surface area (Å²) in [5, 5.41) is 4.91. The van der Waals surface area contributed by atoms with E-state index < -0.39 is 0 Å². The van der Waals surface area contributed by atoms with Gasteiger partial charge in [0.15, 0.2) is 16.6 Å². The molecule has 0 saturated heterocycles. The Bertz CT molecular complexity index is 1080. The van der Waals surface area contributed by atoms with Crippen molar-refractivity contribution in [3.8, 4) is 11.5 Å². The zero-order valence-corrected chi connectivity index (χ0v) is 18.5. The number of benzene rings is 2. The highest BCUT2D eigenvalue weighted by Gasteiger charge is 2.13. The monoisotopic (exact) mass is 446 g/mol. The van der Waals surface area contributed by atoms with Gasteiger partial charge in [0, 0.05) is 5.56 Å². The highest BCUT2D eigenvalue weighted by atomic mass is 35.5. The summed E-state index contributed by atoms with van der Waals surface area (Å²) >= 11 is 7.71. The lowest BCUT2D eigenvalue weighted by molar-refractivity contribution is 0.0955.